The first-order valence-electron chi connectivity index (χ1n) is 2.09. The van der Waals surface area contributed by atoms with E-state index in [9.17, 15) is 9.00 Å². The van der Waals surface area contributed by atoms with Gasteiger partial charge in [-0.3, -0.25) is 0 Å². The molecule has 0 bridgehead atoms. The molecule has 0 spiro atoms. The average molecular weight is 145 g/mol. The number of carboxylic acid groups (broad SMARTS) is 1. The normalized spacial score (nSPS) is 24.0. The Hall–Kier alpha value is -0.970. The molecule has 0 aliphatic carbocycles. The lowest BCUT2D eigenvalue weighted by atomic mass is 10.5. The highest BCUT2D eigenvalue weighted by Gasteiger charge is 2.11. The zero-order valence-electron chi connectivity index (χ0n) is 4.27. The molecule has 0 saturated carbocycles. The molecule has 1 N–H and O–H groups in total. The molecule has 0 aromatic heterocycles. The Balaban J connectivity index is 2.88. The number of rotatable bonds is 1. The number of carboxylic acids is 1. The Morgan fingerprint density at radius 1 is 1.78 bits per heavy atom. The van der Waals surface area contributed by atoms with Gasteiger partial charge in [-0.05, 0) is 0 Å². The highest BCUT2D eigenvalue weighted by atomic mass is 32.2. The van der Waals surface area contributed by atoms with E-state index in [4.69, 9.17) is 5.11 Å². The van der Waals surface area contributed by atoms with E-state index in [1.807, 2.05) is 0 Å². The molecule has 1 rings (SSSR count). The van der Waals surface area contributed by atoms with Crippen molar-refractivity contribution < 1.29 is 14.1 Å². The van der Waals surface area contributed by atoms with Gasteiger partial charge >= 0.3 is 5.97 Å². The summed E-state index contributed by atoms with van der Waals surface area (Å²) in [6.07, 6.45) is 0. The Labute approximate surface area is 53.4 Å². The van der Waals surface area contributed by atoms with E-state index < -0.39 is 16.8 Å². The van der Waals surface area contributed by atoms with Gasteiger partial charge < -0.3 is 5.11 Å². The Morgan fingerprint density at radius 3 is 2.67 bits per heavy atom. The first-order chi connectivity index (χ1) is 4.20. The zero-order chi connectivity index (χ0) is 6.85. The second-order valence-corrected chi connectivity index (χ2v) is 2.47. The standard InChI is InChI=1S/C4H3NO3S/c6-4(7)3-1-9(8)2-5-3/h1-2H,(H,6,7). The molecule has 0 saturated heterocycles. The highest BCUT2D eigenvalue weighted by molar-refractivity contribution is 8.01. The third-order valence-corrected chi connectivity index (χ3v) is 1.51. The van der Waals surface area contributed by atoms with Gasteiger partial charge in [0.15, 0.2) is 5.70 Å². The van der Waals surface area contributed by atoms with E-state index in [0.717, 1.165) is 11.0 Å². The van der Waals surface area contributed by atoms with E-state index in [-0.39, 0.29) is 5.70 Å². The lowest BCUT2D eigenvalue weighted by Crippen LogP contribution is -1.94. The van der Waals surface area contributed by atoms with Crippen LogP contribution in [-0.4, -0.2) is 20.8 Å². The minimum absolute atomic E-state index is 0.145. The van der Waals surface area contributed by atoms with Crippen LogP contribution < -0.4 is 0 Å². The lowest BCUT2D eigenvalue weighted by Gasteiger charge is -1.81. The minimum atomic E-state index is -1.31. The van der Waals surface area contributed by atoms with Gasteiger partial charge in [-0.15, -0.1) is 0 Å². The molecule has 0 fully saturated rings. The number of aliphatic imine (C=N–C) groups is 1. The van der Waals surface area contributed by atoms with Gasteiger partial charge in [0, 0.05) is 5.41 Å². The maximum atomic E-state index is 10.4. The van der Waals surface area contributed by atoms with Gasteiger partial charge in [0.05, 0.1) is 16.3 Å². The number of aliphatic carboxylic acids is 1. The van der Waals surface area contributed by atoms with Gasteiger partial charge in [0.2, 0.25) is 0 Å². The van der Waals surface area contributed by atoms with Gasteiger partial charge in [-0.1, -0.05) is 0 Å². The smallest absolute Gasteiger partial charge is 0.355 e. The number of carbonyl (C=O) groups is 1. The quantitative estimate of drug-likeness (QED) is 0.551. The van der Waals surface area contributed by atoms with Crippen LogP contribution in [0.5, 0.6) is 0 Å². The summed E-state index contributed by atoms with van der Waals surface area (Å²) in [5.74, 6) is -1.14. The molecule has 0 amide bonds. The summed E-state index contributed by atoms with van der Waals surface area (Å²) in [6.45, 7) is 0. The fraction of sp³-hybridized carbons (Fsp3) is 0. The third kappa shape index (κ3) is 1.23. The van der Waals surface area contributed by atoms with Crippen LogP contribution in [0.25, 0.3) is 0 Å². The van der Waals surface area contributed by atoms with Crippen LogP contribution in [-0.2, 0) is 15.6 Å². The molecule has 5 heteroatoms. The predicted octanol–water partition coefficient (Wildman–Crippen LogP) is -0.297. The van der Waals surface area contributed by atoms with E-state index in [2.05, 4.69) is 4.99 Å². The first-order valence-corrected chi connectivity index (χ1v) is 3.36. The van der Waals surface area contributed by atoms with E-state index in [0.29, 0.717) is 0 Å². The summed E-state index contributed by atoms with van der Waals surface area (Å²) >= 11 is 0. The lowest BCUT2D eigenvalue weighted by molar-refractivity contribution is -0.132. The maximum Gasteiger partial charge on any atom is 0.355 e. The number of hydrogen-bond donors (Lipinski definition) is 1. The summed E-state index contributed by atoms with van der Waals surface area (Å²) in [5, 5.41) is 9.30. The van der Waals surface area contributed by atoms with Crippen molar-refractivity contribution in [3.8, 4) is 0 Å². The van der Waals surface area contributed by atoms with Gasteiger partial charge in [0.25, 0.3) is 0 Å². The van der Waals surface area contributed by atoms with E-state index in [1.54, 1.807) is 0 Å². The fourth-order valence-electron chi connectivity index (χ4n) is 0.385. The number of nitrogens with zero attached hydrogens (tertiary/aromatic N) is 1. The minimum Gasteiger partial charge on any atom is -0.476 e. The van der Waals surface area contributed by atoms with Crippen LogP contribution in [0.3, 0.4) is 0 Å². The SMILES string of the molecule is O=C(O)C1=CS(=O)C=N1. The Kier molecular flexibility index (Phi) is 1.44. The van der Waals surface area contributed by atoms with Gasteiger partial charge in [-0.2, -0.15) is 0 Å². The summed E-state index contributed by atoms with van der Waals surface area (Å²) < 4.78 is 10.4. The van der Waals surface area contributed by atoms with E-state index in [1.165, 1.54) is 0 Å². The third-order valence-electron chi connectivity index (χ3n) is 0.743. The van der Waals surface area contributed by atoms with Crippen molar-refractivity contribution in [2.45, 2.75) is 0 Å². The van der Waals surface area contributed by atoms with Crippen LogP contribution in [0.1, 0.15) is 0 Å². The first kappa shape index (κ1) is 6.15. The second kappa shape index (κ2) is 2.10. The molecule has 1 aliphatic rings. The van der Waals surface area contributed by atoms with Crippen molar-refractivity contribution in [2.75, 3.05) is 0 Å². The molecule has 0 aromatic rings. The molecule has 4 nitrogen and oxygen atoms in total. The Morgan fingerprint density at radius 2 is 2.44 bits per heavy atom. The van der Waals surface area contributed by atoms with Gasteiger partial charge in [0.1, 0.15) is 0 Å². The van der Waals surface area contributed by atoms with Crippen molar-refractivity contribution in [1.82, 2.24) is 0 Å². The van der Waals surface area contributed by atoms with Crippen molar-refractivity contribution in [2.24, 2.45) is 4.99 Å². The van der Waals surface area contributed by atoms with Crippen molar-refractivity contribution in [1.29, 1.82) is 0 Å². The second-order valence-electron chi connectivity index (χ2n) is 1.37. The monoisotopic (exact) mass is 145 g/mol. The van der Waals surface area contributed by atoms with Crippen LogP contribution in [0.4, 0.5) is 0 Å². The molecule has 1 unspecified atom stereocenters. The summed E-state index contributed by atoms with van der Waals surface area (Å²) in [4.78, 5) is 13.4. The fourth-order valence-corrected chi connectivity index (χ4v) is 1.05. The number of hydrogen-bond acceptors (Lipinski definition) is 3. The zero-order valence-corrected chi connectivity index (χ0v) is 5.09. The summed E-state index contributed by atoms with van der Waals surface area (Å²) in [6, 6.07) is 0. The molecule has 1 aliphatic heterocycles. The molecular formula is C4H3NO3S. The molecule has 1 heterocycles. The highest BCUT2D eigenvalue weighted by Crippen LogP contribution is 2.04. The van der Waals surface area contributed by atoms with E-state index >= 15 is 0 Å². The summed E-state index contributed by atoms with van der Waals surface area (Å²) in [7, 11) is -1.31. The van der Waals surface area contributed by atoms with Crippen molar-refractivity contribution in [3.05, 3.63) is 11.1 Å². The molecule has 1 atom stereocenters. The molecule has 0 aromatic carbocycles. The van der Waals surface area contributed by atoms with Crippen molar-refractivity contribution in [3.63, 3.8) is 0 Å². The Bertz CT molecular complexity index is 230. The molecule has 9 heavy (non-hydrogen) atoms. The maximum absolute atomic E-state index is 10.4. The van der Waals surface area contributed by atoms with Crippen LogP contribution in [0, 0.1) is 0 Å². The van der Waals surface area contributed by atoms with Crippen LogP contribution in [0.2, 0.25) is 0 Å². The summed E-state index contributed by atoms with van der Waals surface area (Å²) in [5.41, 5.74) is 0.942. The molecular weight excluding hydrogens is 142 g/mol. The topological polar surface area (TPSA) is 66.7 Å². The average Bonchev–Trinajstić information content (AvgIpc) is 2.14. The predicted molar refractivity (Wildman–Crippen MR) is 32.4 cm³/mol. The van der Waals surface area contributed by atoms with Gasteiger partial charge in [-0.25, -0.2) is 14.0 Å². The van der Waals surface area contributed by atoms with Crippen molar-refractivity contribution >= 4 is 22.3 Å². The van der Waals surface area contributed by atoms with Crippen LogP contribution in [0.15, 0.2) is 16.1 Å². The van der Waals surface area contributed by atoms with Crippen LogP contribution >= 0.6 is 0 Å². The molecule has 0 radical (unpaired) electrons. The molecule has 48 valence electrons. The largest absolute Gasteiger partial charge is 0.476 e.